The second-order valence-electron chi connectivity index (χ2n) is 2.84. The highest BCUT2D eigenvalue weighted by Crippen LogP contribution is 2.19. The largest absolute Gasteiger partial charge is 0.133 e. The van der Waals surface area contributed by atoms with Crippen molar-refractivity contribution in [3.63, 3.8) is 0 Å². The smallest absolute Gasteiger partial charge is 0.0184 e. The fourth-order valence-corrected chi connectivity index (χ4v) is 1.13. The number of rotatable bonds is 0. The predicted molar refractivity (Wildman–Crippen MR) is 85.1 cm³/mol. The first-order chi connectivity index (χ1) is 8.88. The van der Waals surface area contributed by atoms with Crippen LogP contribution < -0.4 is 0 Å². The van der Waals surface area contributed by atoms with Crippen molar-refractivity contribution < 1.29 is 0 Å². The van der Waals surface area contributed by atoms with Gasteiger partial charge in [-0.1, -0.05) is 82.8 Å². The van der Waals surface area contributed by atoms with E-state index in [1.54, 1.807) is 6.08 Å². The molecule has 0 unspecified atom stereocenters. The van der Waals surface area contributed by atoms with E-state index < -0.39 is 0 Å². The van der Waals surface area contributed by atoms with Gasteiger partial charge in [0.1, 0.15) is 0 Å². The van der Waals surface area contributed by atoms with E-state index in [4.69, 9.17) is 0 Å². The van der Waals surface area contributed by atoms with Gasteiger partial charge >= 0.3 is 0 Å². The first-order valence-corrected chi connectivity index (χ1v) is 6.62. The zero-order valence-corrected chi connectivity index (χ0v) is 12.4. The summed E-state index contributed by atoms with van der Waals surface area (Å²) >= 11 is 0. The highest BCUT2D eigenvalue weighted by Gasteiger charge is 1.94. The Balaban J connectivity index is 0. The molecular weight excluding hydrogens is 216 g/mol. The molecule has 0 aromatic heterocycles. The van der Waals surface area contributed by atoms with Gasteiger partial charge < -0.3 is 0 Å². The second-order valence-corrected chi connectivity index (χ2v) is 2.84. The third-order valence-corrected chi connectivity index (χ3v) is 1.86. The first-order valence-electron chi connectivity index (χ1n) is 6.62. The Labute approximate surface area is 113 Å². The molecule has 2 rings (SSSR count). The topological polar surface area (TPSA) is 0 Å². The first kappa shape index (κ1) is 18.6. The number of hydrogen-bond donors (Lipinski definition) is 0. The number of allylic oxidation sites excluding steroid dienone is 1. The van der Waals surface area contributed by atoms with Gasteiger partial charge in [0.05, 0.1) is 0 Å². The van der Waals surface area contributed by atoms with Gasteiger partial charge in [0, 0.05) is 0 Å². The van der Waals surface area contributed by atoms with Crippen LogP contribution in [0.4, 0.5) is 0 Å². The van der Waals surface area contributed by atoms with Gasteiger partial charge in [0.15, 0.2) is 0 Å². The summed E-state index contributed by atoms with van der Waals surface area (Å²) in [5, 5.41) is 0. The molecule has 0 aromatic carbocycles. The van der Waals surface area contributed by atoms with Crippen LogP contribution in [0.3, 0.4) is 0 Å². The monoisotopic (exact) mass is 242 g/mol. The molecule has 0 heterocycles. The standard InChI is InChI=1S/C10H8.C4H6.2C2H6/c1-2-5-9-7-4-8-10(9)6-3-1;1-3-4-2;2*1-2/h1-8H;4H,1H2,2H3;2*1-2H3. The van der Waals surface area contributed by atoms with Crippen LogP contribution in [0, 0.1) is 0 Å². The van der Waals surface area contributed by atoms with Gasteiger partial charge in [0.2, 0.25) is 0 Å². The van der Waals surface area contributed by atoms with Crippen LogP contribution in [0.15, 0.2) is 66.9 Å². The molecule has 0 nitrogen and oxygen atoms in total. The molecule has 0 N–H and O–H groups in total. The average Bonchev–Trinajstić information content (AvgIpc) is 2.80. The third kappa shape index (κ3) is 8.38. The minimum Gasteiger partial charge on any atom is -0.133 e. The Hall–Kier alpha value is -1.78. The quantitative estimate of drug-likeness (QED) is 0.483. The van der Waals surface area contributed by atoms with Gasteiger partial charge in [-0.25, -0.2) is 0 Å². The molecule has 2 aliphatic carbocycles. The molecule has 0 amide bonds. The van der Waals surface area contributed by atoms with Crippen LogP contribution in [0.2, 0.25) is 0 Å². The van der Waals surface area contributed by atoms with Crippen LogP contribution in [0.1, 0.15) is 34.6 Å². The lowest BCUT2D eigenvalue weighted by molar-refractivity contribution is 1.50. The van der Waals surface area contributed by atoms with Gasteiger partial charge in [0.25, 0.3) is 0 Å². The van der Waals surface area contributed by atoms with Crippen molar-refractivity contribution >= 4 is 0 Å². The Morgan fingerprint density at radius 2 is 1.11 bits per heavy atom. The molecule has 0 aromatic rings. The molecular formula is C18H26. The van der Waals surface area contributed by atoms with Gasteiger partial charge in [-0.3, -0.25) is 0 Å². The van der Waals surface area contributed by atoms with Gasteiger partial charge in [-0.15, -0.1) is 5.73 Å². The molecule has 0 saturated carbocycles. The maximum Gasteiger partial charge on any atom is -0.0184 e. The average molecular weight is 242 g/mol. The van der Waals surface area contributed by atoms with E-state index in [1.165, 1.54) is 11.1 Å². The van der Waals surface area contributed by atoms with Crippen LogP contribution in [0.25, 0.3) is 11.1 Å². The van der Waals surface area contributed by atoms with Crippen LogP contribution in [-0.4, -0.2) is 0 Å². The van der Waals surface area contributed by atoms with E-state index in [2.05, 4.69) is 54.8 Å². The van der Waals surface area contributed by atoms with Crippen molar-refractivity contribution in [2.75, 3.05) is 0 Å². The van der Waals surface area contributed by atoms with Crippen molar-refractivity contribution in [1.29, 1.82) is 0 Å². The maximum atomic E-state index is 3.30. The van der Waals surface area contributed by atoms with E-state index in [0.717, 1.165) is 0 Å². The molecule has 0 fully saturated rings. The van der Waals surface area contributed by atoms with Crippen molar-refractivity contribution in [2.45, 2.75) is 34.6 Å². The lowest BCUT2D eigenvalue weighted by atomic mass is 10.2. The predicted octanol–water partition coefficient (Wildman–Crippen LogP) is 6.19. The summed E-state index contributed by atoms with van der Waals surface area (Å²) in [6, 6.07) is 16.7. The molecule has 18 heavy (non-hydrogen) atoms. The summed E-state index contributed by atoms with van der Waals surface area (Å²) in [7, 11) is 0. The van der Waals surface area contributed by atoms with E-state index >= 15 is 0 Å². The van der Waals surface area contributed by atoms with E-state index in [0.29, 0.717) is 0 Å². The summed E-state index contributed by atoms with van der Waals surface area (Å²) in [5.74, 6) is 0. The summed E-state index contributed by atoms with van der Waals surface area (Å²) < 4.78 is 0. The zero-order chi connectivity index (χ0) is 14.2. The SMILES string of the molecule is C=C=CC.CC.CC.c1ccc2cccc-2cc1. The number of fused-ring (bicyclic) bond motifs is 1. The van der Waals surface area contributed by atoms with E-state index in [-0.39, 0.29) is 0 Å². The highest BCUT2D eigenvalue weighted by molar-refractivity contribution is 5.65. The zero-order valence-electron chi connectivity index (χ0n) is 12.4. The van der Waals surface area contributed by atoms with Gasteiger partial charge in [-0.2, -0.15) is 0 Å². The van der Waals surface area contributed by atoms with E-state index in [1.807, 2.05) is 40.7 Å². The molecule has 0 bridgehead atoms. The Bertz CT molecular complexity index is 367. The summed E-state index contributed by atoms with van der Waals surface area (Å²) in [6.45, 7) is 13.2. The Kier molecular flexibility index (Phi) is 15.7. The van der Waals surface area contributed by atoms with Crippen LogP contribution in [0.5, 0.6) is 0 Å². The minimum absolute atomic E-state index is 1.31. The summed E-state index contributed by atoms with van der Waals surface area (Å²) in [5.41, 5.74) is 5.18. The van der Waals surface area contributed by atoms with Crippen LogP contribution >= 0.6 is 0 Å². The lowest BCUT2D eigenvalue weighted by Gasteiger charge is -1.85. The molecule has 2 aliphatic rings. The normalized spacial score (nSPS) is 7.17. The molecule has 0 heteroatoms. The molecule has 0 spiro atoms. The molecule has 0 aliphatic heterocycles. The van der Waals surface area contributed by atoms with Crippen molar-refractivity contribution in [1.82, 2.24) is 0 Å². The summed E-state index contributed by atoms with van der Waals surface area (Å²) in [6.07, 6.45) is 1.76. The van der Waals surface area contributed by atoms with Crippen molar-refractivity contribution in [3.05, 3.63) is 66.9 Å². The lowest BCUT2D eigenvalue weighted by Crippen LogP contribution is -1.59. The molecule has 0 atom stereocenters. The molecule has 0 radical (unpaired) electrons. The second kappa shape index (κ2) is 15.2. The Morgan fingerprint density at radius 3 is 1.44 bits per heavy atom. The molecule has 98 valence electrons. The number of hydrogen-bond acceptors (Lipinski definition) is 0. The highest BCUT2D eigenvalue weighted by atomic mass is 14.0. The van der Waals surface area contributed by atoms with Crippen molar-refractivity contribution in [3.8, 4) is 11.1 Å². The Morgan fingerprint density at radius 1 is 0.778 bits per heavy atom. The van der Waals surface area contributed by atoms with Crippen molar-refractivity contribution in [2.24, 2.45) is 0 Å². The van der Waals surface area contributed by atoms with Gasteiger partial charge in [-0.05, 0) is 24.1 Å². The fourth-order valence-electron chi connectivity index (χ4n) is 1.13. The maximum absolute atomic E-state index is 3.30. The minimum atomic E-state index is 1.31. The molecule has 0 saturated heterocycles. The third-order valence-electron chi connectivity index (χ3n) is 1.86. The van der Waals surface area contributed by atoms with E-state index in [9.17, 15) is 0 Å². The summed E-state index contributed by atoms with van der Waals surface area (Å²) in [4.78, 5) is 0. The van der Waals surface area contributed by atoms with Crippen LogP contribution in [-0.2, 0) is 0 Å². The fraction of sp³-hybridized carbons (Fsp3) is 0.278.